The Labute approximate surface area is 175 Å². The zero-order valence-electron chi connectivity index (χ0n) is 15.5. The summed E-state index contributed by atoms with van der Waals surface area (Å²) in [7, 11) is 0. The molecule has 4 rings (SSSR count). The van der Waals surface area contributed by atoms with Gasteiger partial charge in [0.05, 0.1) is 10.7 Å². The van der Waals surface area contributed by atoms with E-state index in [0.29, 0.717) is 21.3 Å². The van der Waals surface area contributed by atoms with Crippen molar-refractivity contribution in [2.24, 2.45) is 5.73 Å². The first kappa shape index (κ1) is 19.2. The minimum Gasteiger partial charge on any atom is -0.364 e. The fourth-order valence-electron chi connectivity index (χ4n) is 3.06. The number of fused-ring (bicyclic) bond motifs is 1. The second-order valence-electron chi connectivity index (χ2n) is 6.62. The average Bonchev–Trinajstić information content (AvgIpc) is 2.99. The standard InChI is InChI=1S/C20H15Cl2N5O2/c1-9-3-5-12(7-10(9)2)27-19-16(25-20(27)29)15(17(23)28)24-18(26-19)13-6-4-11(21)8-14(13)22/h3-8H,1-2H3,(H2,23,28)(H,25,29). The Hall–Kier alpha value is -3.16. The summed E-state index contributed by atoms with van der Waals surface area (Å²) in [4.78, 5) is 36.2. The summed E-state index contributed by atoms with van der Waals surface area (Å²) in [6.45, 7) is 3.92. The Morgan fingerprint density at radius 1 is 1.07 bits per heavy atom. The molecule has 3 N–H and O–H groups in total. The minimum absolute atomic E-state index is 0.101. The predicted molar refractivity (Wildman–Crippen MR) is 113 cm³/mol. The maximum atomic E-state index is 12.7. The first-order chi connectivity index (χ1) is 13.8. The van der Waals surface area contributed by atoms with E-state index in [1.54, 1.807) is 24.3 Å². The van der Waals surface area contributed by atoms with E-state index >= 15 is 0 Å². The van der Waals surface area contributed by atoms with Gasteiger partial charge in [-0.3, -0.25) is 4.79 Å². The molecule has 9 heteroatoms. The van der Waals surface area contributed by atoms with Crippen LogP contribution in [0.1, 0.15) is 21.6 Å². The van der Waals surface area contributed by atoms with E-state index in [2.05, 4.69) is 15.0 Å². The van der Waals surface area contributed by atoms with Gasteiger partial charge in [-0.1, -0.05) is 29.3 Å². The van der Waals surface area contributed by atoms with Gasteiger partial charge in [0.1, 0.15) is 5.52 Å². The number of nitrogens with two attached hydrogens (primary N) is 1. The SMILES string of the molecule is Cc1ccc(-n2c(=O)[nH]c3c(C(N)=O)nc(-c4ccc(Cl)cc4Cl)nc32)cc1C. The number of aromatic nitrogens is 4. The Kier molecular flexibility index (Phi) is 4.64. The van der Waals surface area contributed by atoms with Crippen molar-refractivity contribution in [1.82, 2.24) is 19.5 Å². The molecule has 1 amide bonds. The zero-order valence-corrected chi connectivity index (χ0v) is 17.0. The molecule has 7 nitrogen and oxygen atoms in total. The van der Waals surface area contributed by atoms with E-state index < -0.39 is 11.6 Å². The molecule has 2 aromatic heterocycles. The molecule has 0 radical (unpaired) electrons. The van der Waals surface area contributed by atoms with Crippen molar-refractivity contribution in [2.75, 3.05) is 0 Å². The number of halogens is 2. The van der Waals surface area contributed by atoms with Gasteiger partial charge < -0.3 is 10.7 Å². The van der Waals surface area contributed by atoms with Crippen LogP contribution in [0.2, 0.25) is 10.0 Å². The van der Waals surface area contributed by atoms with Gasteiger partial charge in [0.25, 0.3) is 5.91 Å². The van der Waals surface area contributed by atoms with Gasteiger partial charge >= 0.3 is 5.69 Å². The van der Waals surface area contributed by atoms with Crippen molar-refractivity contribution >= 4 is 40.3 Å². The molecule has 0 unspecified atom stereocenters. The highest BCUT2D eigenvalue weighted by Gasteiger charge is 2.21. The quantitative estimate of drug-likeness (QED) is 0.518. The predicted octanol–water partition coefficient (Wildman–Crippen LogP) is 3.80. The molecule has 0 aliphatic carbocycles. The second kappa shape index (κ2) is 7.02. The molecule has 0 saturated heterocycles. The first-order valence-corrected chi connectivity index (χ1v) is 9.37. The fraction of sp³-hybridized carbons (Fsp3) is 0.100. The number of nitrogens with one attached hydrogen (secondary N) is 1. The lowest BCUT2D eigenvalue weighted by Gasteiger charge is -2.09. The van der Waals surface area contributed by atoms with Gasteiger partial charge in [0.2, 0.25) is 0 Å². The third-order valence-corrected chi connectivity index (χ3v) is 5.24. The van der Waals surface area contributed by atoms with Crippen LogP contribution < -0.4 is 11.4 Å². The summed E-state index contributed by atoms with van der Waals surface area (Å²) >= 11 is 12.3. The average molecular weight is 428 g/mol. The highest BCUT2D eigenvalue weighted by molar-refractivity contribution is 6.36. The summed E-state index contributed by atoms with van der Waals surface area (Å²) in [6.07, 6.45) is 0. The lowest BCUT2D eigenvalue weighted by atomic mass is 10.1. The number of hydrogen-bond donors (Lipinski definition) is 2. The van der Waals surface area contributed by atoms with Crippen LogP contribution in [0.3, 0.4) is 0 Å². The van der Waals surface area contributed by atoms with E-state index in [0.717, 1.165) is 11.1 Å². The van der Waals surface area contributed by atoms with Gasteiger partial charge in [-0.25, -0.2) is 19.3 Å². The van der Waals surface area contributed by atoms with Crippen LogP contribution in [0.4, 0.5) is 0 Å². The number of aromatic amines is 1. The molecule has 0 bridgehead atoms. The number of aryl methyl sites for hydroxylation is 2. The second-order valence-corrected chi connectivity index (χ2v) is 7.46. The van der Waals surface area contributed by atoms with Gasteiger partial charge in [0, 0.05) is 10.6 Å². The maximum absolute atomic E-state index is 12.7. The maximum Gasteiger partial charge on any atom is 0.332 e. The monoisotopic (exact) mass is 427 g/mol. The van der Waals surface area contributed by atoms with Crippen molar-refractivity contribution in [3.8, 4) is 17.1 Å². The molecule has 2 heterocycles. The van der Waals surface area contributed by atoms with Crippen LogP contribution in [-0.2, 0) is 0 Å². The number of benzene rings is 2. The van der Waals surface area contributed by atoms with Crippen LogP contribution in [0.5, 0.6) is 0 Å². The van der Waals surface area contributed by atoms with Gasteiger partial charge in [-0.15, -0.1) is 0 Å². The number of carbonyl (C=O) groups excluding carboxylic acids is 1. The molecule has 0 atom stereocenters. The number of H-pyrrole nitrogens is 1. The molecule has 146 valence electrons. The Balaban J connectivity index is 2.07. The van der Waals surface area contributed by atoms with Gasteiger partial charge in [0.15, 0.2) is 17.2 Å². The third-order valence-electron chi connectivity index (χ3n) is 4.69. The van der Waals surface area contributed by atoms with Gasteiger partial charge in [-0.2, -0.15) is 0 Å². The molecule has 2 aromatic carbocycles. The fourth-order valence-corrected chi connectivity index (χ4v) is 3.55. The molecule has 0 saturated carbocycles. The van der Waals surface area contributed by atoms with Crippen molar-refractivity contribution in [1.29, 1.82) is 0 Å². The lowest BCUT2D eigenvalue weighted by molar-refractivity contribution is 0.0997. The number of carbonyl (C=O) groups is 1. The Bertz CT molecular complexity index is 1360. The summed E-state index contributed by atoms with van der Waals surface area (Å²) in [6, 6.07) is 10.4. The van der Waals surface area contributed by atoms with Crippen molar-refractivity contribution in [2.45, 2.75) is 13.8 Å². The van der Waals surface area contributed by atoms with Crippen LogP contribution in [0.15, 0.2) is 41.2 Å². The number of rotatable bonds is 3. The molecule has 0 fully saturated rings. The van der Waals surface area contributed by atoms with E-state index in [4.69, 9.17) is 28.9 Å². The molecular formula is C20H15Cl2N5O2. The largest absolute Gasteiger partial charge is 0.364 e. The molecule has 4 aromatic rings. The summed E-state index contributed by atoms with van der Waals surface area (Å²) < 4.78 is 1.38. The molecule has 0 aliphatic heterocycles. The Morgan fingerprint density at radius 2 is 1.83 bits per heavy atom. The van der Waals surface area contributed by atoms with E-state index in [-0.39, 0.29) is 22.7 Å². The smallest absolute Gasteiger partial charge is 0.332 e. The molecule has 29 heavy (non-hydrogen) atoms. The van der Waals surface area contributed by atoms with Crippen LogP contribution in [-0.4, -0.2) is 25.4 Å². The lowest BCUT2D eigenvalue weighted by Crippen LogP contribution is -2.15. The Morgan fingerprint density at radius 3 is 2.48 bits per heavy atom. The van der Waals surface area contributed by atoms with Crippen LogP contribution in [0.25, 0.3) is 28.2 Å². The minimum atomic E-state index is -0.794. The zero-order chi connectivity index (χ0) is 20.9. The molecular weight excluding hydrogens is 413 g/mol. The number of nitrogens with zero attached hydrogens (tertiary/aromatic N) is 3. The normalized spacial score (nSPS) is 11.2. The number of amides is 1. The van der Waals surface area contributed by atoms with Crippen LogP contribution >= 0.6 is 23.2 Å². The highest BCUT2D eigenvalue weighted by Crippen LogP contribution is 2.30. The van der Waals surface area contributed by atoms with E-state index in [1.165, 1.54) is 4.57 Å². The first-order valence-electron chi connectivity index (χ1n) is 8.62. The summed E-state index contributed by atoms with van der Waals surface area (Å²) in [5.41, 5.74) is 8.50. The van der Waals surface area contributed by atoms with E-state index in [9.17, 15) is 9.59 Å². The van der Waals surface area contributed by atoms with Gasteiger partial charge in [-0.05, 0) is 55.3 Å². The third kappa shape index (κ3) is 3.28. The van der Waals surface area contributed by atoms with Crippen molar-refractivity contribution < 1.29 is 4.79 Å². The highest BCUT2D eigenvalue weighted by atomic mass is 35.5. The molecule has 0 spiro atoms. The summed E-state index contributed by atoms with van der Waals surface area (Å²) in [5.74, 6) is -0.637. The van der Waals surface area contributed by atoms with Crippen LogP contribution in [0, 0.1) is 13.8 Å². The number of hydrogen-bond acceptors (Lipinski definition) is 4. The van der Waals surface area contributed by atoms with Crippen molar-refractivity contribution in [3.63, 3.8) is 0 Å². The topological polar surface area (TPSA) is 107 Å². The number of primary amides is 1. The molecule has 0 aliphatic rings. The number of imidazole rings is 1. The van der Waals surface area contributed by atoms with Crippen molar-refractivity contribution in [3.05, 3.63) is 73.7 Å². The van der Waals surface area contributed by atoms with E-state index in [1.807, 2.05) is 26.0 Å². The summed E-state index contributed by atoms with van der Waals surface area (Å²) in [5, 5.41) is 0.756.